The standard InChI is InChI=1S/C20H14N4.C18H11Cl.Fe/c1-2-14-10-16-5-6-18(23-16)12-20-8-7-19(24-20)11-17-4-3-15(22-17)9-13(1)21-14;19-17-7-3-6-12-8-9-15-10-13-4-1-2-5-14(13)11-16(15)18(12)17;/h1-12,21-22H;1-11H;. The average molecular weight is 629 g/mol. The van der Waals surface area contributed by atoms with Crippen LogP contribution in [0.1, 0.15) is 22.8 Å². The average Bonchev–Trinajstić information content (AvgIpc) is 3.83. The first-order chi connectivity index (χ1) is 21.1. The second-order valence-corrected chi connectivity index (χ2v) is 11.1. The van der Waals surface area contributed by atoms with E-state index in [2.05, 4.69) is 105 Å². The first kappa shape index (κ1) is 27.9. The number of hydrogen-bond acceptors (Lipinski definition) is 2. The zero-order chi connectivity index (χ0) is 28.8. The van der Waals surface area contributed by atoms with Crippen LogP contribution in [0.15, 0.2) is 115 Å². The molecule has 8 bridgehead atoms. The fourth-order valence-corrected chi connectivity index (χ4v) is 5.98. The molecule has 5 heterocycles. The Kier molecular flexibility index (Phi) is 7.37. The van der Waals surface area contributed by atoms with E-state index in [1.54, 1.807) is 0 Å². The molecule has 212 valence electrons. The van der Waals surface area contributed by atoms with Gasteiger partial charge >= 0.3 is 0 Å². The first-order valence-corrected chi connectivity index (χ1v) is 14.6. The maximum absolute atomic E-state index is 6.39. The van der Waals surface area contributed by atoms with Gasteiger partial charge in [0.25, 0.3) is 0 Å². The largest absolute Gasteiger partial charge is 0.355 e. The van der Waals surface area contributed by atoms with Crippen LogP contribution in [0.25, 0.3) is 78.7 Å². The third-order valence-corrected chi connectivity index (χ3v) is 8.03. The summed E-state index contributed by atoms with van der Waals surface area (Å²) in [6.45, 7) is 0. The van der Waals surface area contributed by atoms with Crippen LogP contribution in [-0.2, 0) is 17.1 Å². The monoisotopic (exact) mass is 628 g/mol. The van der Waals surface area contributed by atoms with E-state index in [0.717, 1.165) is 55.3 Å². The van der Waals surface area contributed by atoms with E-state index in [9.17, 15) is 0 Å². The van der Waals surface area contributed by atoms with E-state index in [4.69, 9.17) is 11.6 Å². The summed E-state index contributed by atoms with van der Waals surface area (Å²) in [5.41, 5.74) is 7.86. The molecule has 2 aliphatic heterocycles. The maximum atomic E-state index is 6.39. The minimum Gasteiger partial charge on any atom is -0.355 e. The van der Waals surface area contributed by atoms with E-state index >= 15 is 0 Å². The van der Waals surface area contributed by atoms with Crippen LogP contribution in [-0.4, -0.2) is 19.9 Å². The van der Waals surface area contributed by atoms with Crippen molar-refractivity contribution in [3.63, 3.8) is 0 Å². The van der Waals surface area contributed by atoms with Crippen molar-refractivity contribution in [1.82, 2.24) is 19.9 Å². The molecule has 2 aliphatic rings. The number of aromatic nitrogens is 4. The first-order valence-electron chi connectivity index (χ1n) is 14.2. The molecular formula is C38H25ClFeN4. The summed E-state index contributed by atoms with van der Waals surface area (Å²) in [6.07, 6.45) is 8.05. The summed E-state index contributed by atoms with van der Waals surface area (Å²) in [5.74, 6) is 0. The number of hydrogen-bond donors (Lipinski definition) is 2. The van der Waals surface area contributed by atoms with Gasteiger partial charge in [-0.05, 0) is 118 Å². The van der Waals surface area contributed by atoms with Crippen molar-refractivity contribution in [1.29, 1.82) is 0 Å². The van der Waals surface area contributed by atoms with E-state index in [1.807, 2.05) is 54.6 Å². The third-order valence-electron chi connectivity index (χ3n) is 7.72. The summed E-state index contributed by atoms with van der Waals surface area (Å²) in [6, 6.07) is 39.7. The van der Waals surface area contributed by atoms with Gasteiger partial charge in [-0.1, -0.05) is 60.1 Å². The van der Waals surface area contributed by atoms with Gasteiger partial charge in [-0.15, -0.1) is 0 Å². The van der Waals surface area contributed by atoms with Crippen molar-refractivity contribution >= 4 is 90.3 Å². The second-order valence-electron chi connectivity index (χ2n) is 10.7. The van der Waals surface area contributed by atoms with E-state index < -0.39 is 0 Å². The molecule has 0 amide bonds. The van der Waals surface area contributed by atoms with Gasteiger partial charge in [0.2, 0.25) is 0 Å². The molecule has 0 spiro atoms. The van der Waals surface area contributed by atoms with Gasteiger partial charge in [0.15, 0.2) is 0 Å². The van der Waals surface area contributed by atoms with Gasteiger partial charge in [-0.2, -0.15) is 0 Å². The number of rotatable bonds is 0. The Labute approximate surface area is 269 Å². The number of H-pyrrole nitrogens is 2. The molecule has 0 unspecified atom stereocenters. The van der Waals surface area contributed by atoms with Gasteiger partial charge in [-0.3, -0.25) is 0 Å². The predicted molar refractivity (Wildman–Crippen MR) is 183 cm³/mol. The Morgan fingerprint density at radius 1 is 0.432 bits per heavy atom. The van der Waals surface area contributed by atoms with Crippen LogP contribution in [0.3, 0.4) is 0 Å². The van der Waals surface area contributed by atoms with E-state index in [1.165, 1.54) is 26.9 Å². The molecule has 2 N–H and O–H groups in total. The number of fused-ring (bicyclic) bond motifs is 12. The molecule has 44 heavy (non-hydrogen) atoms. The third kappa shape index (κ3) is 5.57. The van der Waals surface area contributed by atoms with Crippen molar-refractivity contribution in [2.75, 3.05) is 0 Å². The molecule has 0 atom stereocenters. The molecule has 0 saturated carbocycles. The number of nitrogens with one attached hydrogen (secondary N) is 2. The van der Waals surface area contributed by atoms with Gasteiger partial charge in [-0.25, -0.2) is 9.97 Å². The van der Waals surface area contributed by atoms with Gasteiger partial charge in [0.1, 0.15) is 0 Å². The molecule has 0 aliphatic carbocycles. The van der Waals surface area contributed by atoms with E-state index in [0.29, 0.717) is 0 Å². The van der Waals surface area contributed by atoms with Crippen molar-refractivity contribution in [2.45, 2.75) is 0 Å². The predicted octanol–water partition coefficient (Wildman–Crippen LogP) is 10.5. The second kappa shape index (κ2) is 11.6. The maximum Gasteiger partial charge on any atom is 0.0659 e. The molecule has 0 fully saturated rings. The molecule has 4 nitrogen and oxygen atoms in total. The Morgan fingerprint density at radius 3 is 1.55 bits per heavy atom. The van der Waals surface area contributed by atoms with Crippen LogP contribution in [0.4, 0.5) is 0 Å². The fraction of sp³-hybridized carbons (Fsp3) is 0. The Hall–Kier alpha value is -4.93. The van der Waals surface area contributed by atoms with Gasteiger partial charge < -0.3 is 9.97 Å². The minimum absolute atomic E-state index is 0. The number of halogens is 1. The summed E-state index contributed by atoms with van der Waals surface area (Å²) in [4.78, 5) is 16.0. The summed E-state index contributed by atoms with van der Waals surface area (Å²) < 4.78 is 0. The smallest absolute Gasteiger partial charge is 0.0659 e. The molecule has 4 aromatic carbocycles. The van der Waals surface area contributed by atoms with Crippen molar-refractivity contribution < 1.29 is 17.1 Å². The summed E-state index contributed by atoms with van der Waals surface area (Å²) in [5, 5.41) is 8.13. The molecule has 7 aromatic rings. The van der Waals surface area contributed by atoms with Crippen molar-refractivity contribution in [2.24, 2.45) is 0 Å². The van der Waals surface area contributed by atoms with E-state index in [-0.39, 0.29) is 17.1 Å². The normalized spacial score (nSPS) is 11.8. The molecule has 0 saturated heterocycles. The minimum atomic E-state index is 0. The zero-order valence-electron chi connectivity index (χ0n) is 23.4. The SMILES string of the molecule is C1=Cc2cc3ccc(cc4ccc(cc5nc(cc1n2)C=C5)[nH]4)[nH]3.Clc1cccc2ccc3cc4ccccc4cc3c12.[Fe]. The molecular weight excluding hydrogens is 604 g/mol. The fourth-order valence-electron chi connectivity index (χ4n) is 5.70. The number of benzene rings is 4. The number of nitrogens with zero attached hydrogens (tertiary/aromatic N) is 2. The Bertz CT molecular complexity index is 2350. The summed E-state index contributed by atoms with van der Waals surface area (Å²) in [7, 11) is 0. The Balaban J connectivity index is 0.000000142. The van der Waals surface area contributed by atoms with Gasteiger partial charge in [0.05, 0.1) is 22.8 Å². The van der Waals surface area contributed by atoms with Crippen LogP contribution in [0, 0.1) is 0 Å². The topological polar surface area (TPSA) is 57.4 Å². The van der Waals surface area contributed by atoms with Crippen molar-refractivity contribution in [3.05, 3.63) is 143 Å². The van der Waals surface area contributed by atoms with Crippen molar-refractivity contribution in [3.8, 4) is 0 Å². The van der Waals surface area contributed by atoms with Crippen LogP contribution < -0.4 is 0 Å². The van der Waals surface area contributed by atoms with Crippen LogP contribution in [0.2, 0.25) is 5.02 Å². The quantitative estimate of drug-likeness (QED) is 0.0997. The number of aromatic amines is 2. The zero-order valence-corrected chi connectivity index (χ0v) is 25.3. The molecule has 3 aromatic heterocycles. The van der Waals surface area contributed by atoms with Crippen LogP contribution >= 0.6 is 11.6 Å². The van der Waals surface area contributed by atoms with Gasteiger partial charge in [0, 0.05) is 49.5 Å². The Morgan fingerprint density at radius 2 is 0.932 bits per heavy atom. The molecule has 0 radical (unpaired) electrons. The molecule has 6 heteroatoms. The molecule has 9 rings (SSSR count). The summed E-state index contributed by atoms with van der Waals surface area (Å²) >= 11 is 6.39. The van der Waals surface area contributed by atoms with Crippen LogP contribution in [0.5, 0.6) is 0 Å².